The number of hydrogen-bond acceptors (Lipinski definition) is 4. The molecule has 0 aliphatic carbocycles. The monoisotopic (exact) mass is 376 g/mol. The molecular weight excluding hydrogens is 344 g/mol. The van der Waals surface area contributed by atoms with Crippen molar-refractivity contribution in [3.8, 4) is 5.75 Å². The zero-order chi connectivity index (χ0) is 19.8. The number of benzene rings is 1. The fourth-order valence-corrected chi connectivity index (χ4v) is 2.95. The first-order valence-electron chi connectivity index (χ1n) is 9.89. The summed E-state index contributed by atoms with van der Waals surface area (Å²) < 4.78 is 11.0. The van der Waals surface area contributed by atoms with E-state index in [9.17, 15) is 9.59 Å². The first-order valence-corrected chi connectivity index (χ1v) is 9.89. The van der Waals surface area contributed by atoms with E-state index in [1.807, 2.05) is 24.3 Å². The quantitative estimate of drug-likeness (QED) is 0.682. The van der Waals surface area contributed by atoms with Gasteiger partial charge in [-0.05, 0) is 37.0 Å². The van der Waals surface area contributed by atoms with Gasteiger partial charge in [-0.1, -0.05) is 39.3 Å². The fraction of sp³-hybridized carbons (Fsp3) is 0.619. The summed E-state index contributed by atoms with van der Waals surface area (Å²) in [6, 6.07) is 7.87. The maximum atomic E-state index is 12.6. The third kappa shape index (κ3) is 6.15. The lowest BCUT2D eigenvalue weighted by molar-refractivity contribution is -0.139. The Bertz CT molecular complexity index is 607. The summed E-state index contributed by atoms with van der Waals surface area (Å²) in [5.74, 6) is 1.10. The van der Waals surface area contributed by atoms with Crippen LogP contribution in [0.1, 0.15) is 52.0 Å². The van der Waals surface area contributed by atoms with Crippen molar-refractivity contribution in [3.05, 3.63) is 29.8 Å². The molecule has 1 aromatic rings. The Balaban J connectivity index is 1.79. The molecule has 0 saturated carbocycles. The Morgan fingerprint density at radius 1 is 1.00 bits per heavy atom. The van der Waals surface area contributed by atoms with Crippen LogP contribution in [-0.4, -0.2) is 60.7 Å². The number of unbranched alkanes of at least 4 members (excludes halogenated alkanes) is 1. The second-order valence-corrected chi connectivity index (χ2v) is 7.26. The number of ether oxygens (including phenoxy) is 2. The van der Waals surface area contributed by atoms with Crippen molar-refractivity contribution >= 4 is 12.0 Å². The van der Waals surface area contributed by atoms with E-state index >= 15 is 0 Å². The average Bonchev–Trinajstić information content (AvgIpc) is 2.68. The maximum absolute atomic E-state index is 12.6. The highest BCUT2D eigenvalue weighted by molar-refractivity contribution is 5.81. The number of carbonyl (C=O) groups is 2. The van der Waals surface area contributed by atoms with E-state index < -0.39 is 6.10 Å². The Morgan fingerprint density at radius 2 is 1.59 bits per heavy atom. The summed E-state index contributed by atoms with van der Waals surface area (Å²) in [6.07, 6.45) is 1.02. The summed E-state index contributed by atoms with van der Waals surface area (Å²) in [6.45, 7) is 10.5. The number of piperazine rings is 1. The van der Waals surface area contributed by atoms with Crippen LogP contribution in [0, 0.1) is 0 Å². The van der Waals surface area contributed by atoms with Gasteiger partial charge in [-0.25, -0.2) is 4.79 Å². The van der Waals surface area contributed by atoms with Crippen molar-refractivity contribution in [2.45, 2.75) is 52.6 Å². The highest BCUT2D eigenvalue weighted by Gasteiger charge is 2.28. The van der Waals surface area contributed by atoms with Crippen molar-refractivity contribution in [2.24, 2.45) is 0 Å². The maximum Gasteiger partial charge on any atom is 0.409 e. The lowest BCUT2D eigenvalue weighted by Gasteiger charge is -2.35. The smallest absolute Gasteiger partial charge is 0.409 e. The van der Waals surface area contributed by atoms with E-state index in [0.717, 1.165) is 12.8 Å². The number of hydrogen-bond donors (Lipinski definition) is 0. The zero-order valence-electron chi connectivity index (χ0n) is 16.9. The lowest BCUT2D eigenvalue weighted by atomic mass is 10.0. The van der Waals surface area contributed by atoms with Gasteiger partial charge >= 0.3 is 6.09 Å². The molecule has 1 unspecified atom stereocenters. The molecule has 0 spiro atoms. The molecule has 1 atom stereocenters. The topological polar surface area (TPSA) is 59.1 Å². The lowest BCUT2D eigenvalue weighted by Crippen LogP contribution is -2.53. The van der Waals surface area contributed by atoms with Crippen molar-refractivity contribution in [2.75, 3.05) is 32.8 Å². The molecule has 0 aromatic heterocycles. The molecule has 2 rings (SSSR count). The normalized spacial score (nSPS) is 15.6. The van der Waals surface area contributed by atoms with Gasteiger partial charge in [-0.15, -0.1) is 0 Å². The highest BCUT2D eigenvalue weighted by Crippen LogP contribution is 2.20. The summed E-state index contributed by atoms with van der Waals surface area (Å²) in [5.41, 5.74) is 1.24. The summed E-state index contributed by atoms with van der Waals surface area (Å²) in [5, 5.41) is 0. The van der Waals surface area contributed by atoms with Crippen LogP contribution in [0.4, 0.5) is 4.79 Å². The highest BCUT2D eigenvalue weighted by atomic mass is 16.6. The van der Waals surface area contributed by atoms with Gasteiger partial charge in [0.15, 0.2) is 6.10 Å². The first kappa shape index (κ1) is 21.1. The Morgan fingerprint density at radius 3 is 2.15 bits per heavy atom. The van der Waals surface area contributed by atoms with Crippen LogP contribution >= 0.6 is 0 Å². The number of rotatable bonds is 7. The van der Waals surface area contributed by atoms with E-state index in [-0.39, 0.29) is 12.0 Å². The molecule has 1 aliphatic heterocycles. The average molecular weight is 376 g/mol. The summed E-state index contributed by atoms with van der Waals surface area (Å²) in [7, 11) is 0. The van der Waals surface area contributed by atoms with Crippen LogP contribution in [-0.2, 0) is 9.53 Å². The molecule has 1 heterocycles. The molecule has 27 heavy (non-hydrogen) atoms. The van der Waals surface area contributed by atoms with Crippen LogP contribution in [0.2, 0.25) is 0 Å². The third-order valence-corrected chi connectivity index (χ3v) is 4.78. The SMILES string of the molecule is CCCCOC(=O)N1CCN(C(=O)C(C)Oc2ccc(C(C)C)cc2)CC1. The molecule has 150 valence electrons. The second-order valence-electron chi connectivity index (χ2n) is 7.26. The van der Waals surface area contributed by atoms with E-state index in [2.05, 4.69) is 20.8 Å². The van der Waals surface area contributed by atoms with Gasteiger partial charge in [0.2, 0.25) is 0 Å². The zero-order valence-corrected chi connectivity index (χ0v) is 16.9. The predicted octanol–water partition coefficient (Wildman–Crippen LogP) is 3.66. The van der Waals surface area contributed by atoms with Crippen molar-refractivity contribution in [1.29, 1.82) is 0 Å². The van der Waals surface area contributed by atoms with Gasteiger partial charge in [0.05, 0.1) is 6.61 Å². The van der Waals surface area contributed by atoms with Crippen molar-refractivity contribution in [1.82, 2.24) is 9.80 Å². The van der Waals surface area contributed by atoms with Gasteiger partial charge < -0.3 is 19.3 Å². The number of nitrogens with zero attached hydrogens (tertiary/aromatic N) is 2. The molecule has 1 saturated heterocycles. The van der Waals surface area contributed by atoms with Crippen molar-refractivity contribution < 1.29 is 19.1 Å². The van der Waals surface area contributed by atoms with Crippen LogP contribution in [0.3, 0.4) is 0 Å². The van der Waals surface area contributed by atoms with E-state index in [1.165, 1.54) is 5.56 Å². The number of carbonyl (C=O) groups excluding carboxylic acids is 2. The van der Waals surface area contributed by atoms with Crippen LogP contribution < -0.4 is 4.74 Å². The van der Waals surface area contributed by atoms with Gasteiger partial charge in [-0.2, -0.15) is 0 Å². The molecule has 2 amide bonds. The molecule has 0 bridgehead atoms. The van der Waals surface area contributed by atoms with Gasteiger partial charge in [0, 0.05) is 26.2 Å². The molecular formula is C21H32N2O4. The molecule has 1 aromatic carbocycles. The molecule has 1 fully saturated rings. The van der Waals surface area contributed by atoms with Crippen molar-refractivity contribution in [3.63, 3.8) is 0 Å². The van der Waals surface area contributed by atoms with E-state index in [4.69, 9.17) is 9.47 Å². The van der Waals surface area contributed by atoms with E-state index in [0.29, 0.717) is 44.5 Å². The Hall–Kier alpha value is -2.24. The molecule has 0 N–H and O–H groups in total. The summed E-state index contributed by atoms with van der Waals surface area (Å²) in [4.78, 5) is 28.0. The Kier molecular flexibility index (Phi) is 7.95. The largest absolute Gasteiger partial charge is 0.481 e. The predicted molar refractivity (Wildman–Crippen MR) is 105 cm³/mol. The van der Waals surface area contributed by atoms with Gasteiger partial charge in [0.25, 0.3) is 5.91 Å². The molecule has 6 heteroatoms. The first-order chi connectivity index (χ1) is 12.9. The van der Waals surface area contributed by atoms with E-state index in [1.54, 1.807) is 16.7 Å². The van der Waals surface area contributed by atoms with Crippen LogP contribution in [0.25, 0.3) is 0 Å². The van der Waals surface area contributed by atoms with Crippen LogP contribution in [0.15, 0.2) is 24.3 Å². The molecule has 6 nitrogen and oxygen atoms in total. The van der Waals surface area contributed by atoms with Gasteiger partial charge in [0.1, 0.15) is 5.75 Å². The van der Waals surface area contributed by atoms with Gasteiger partial charge in [-0.3, -0.25) is 4.79 Å². The molecule has 0 radical (unpaired) electrons. The fourth-order valence-electron chi connectivity index (χ4n) is 2.95. The summed E-state index contributed by atoms with van der Waals surface area (Å²) >= 11 is 0. The minimum Gasteiger partial charge on any atom is -0.481 e. The van der Waals surface area contributed by atoms with Crippen LogP contribution in [0.5, 0.6) is 5.75 Å². The standard InChI is InChI=1S/C21H32N2O4/c1-5-6-15-26-21(25)23-13-11-22(12-14-23)20(24)17(4)27-19-9-7-18(8-10-19)16(2)3/h7-10,16-17H,5-6,11-15H2,1-4H3. The third-order valence-electron chi connectivity index (χ3n) is 4.78. The second kappa shape index (κ2) is 10.2. The minimum absolute atomic E-state index is 0.0538. The molecule has 1 aliphatic rings. The Labute approximate surface area is 162 Å². The minimum atomic E-state index is -0.557. The number of amides is 2.